The number of piperidine rings is 1. The van der Waals surface area contributed by atoms with Crippen molar-refractivity contribution in [2.45, 2.75) is 44.9 Å². The molecular weight excluding hydrogens is 234 g/mol. The normalized spacial score (nSPS) is 18.1. The van der Waals surface area contributed by atoms with E-state index in [1.807, 2.05) is 0 Å². The van der Waals surface area contributed by atoms with Gasteiger partial charge in [-0.05, 0) is 49.5 Å². The molecule has 1 aliphatic rings. The number of nitrogens with one attached hydrogen (secondary N) is 2. The van der Waals surface area contributed by atoms with Gasteiger partial charge in [-0.2, -0.15) is 0 Å². The number of benzene rings is 1. The Morgan fingerprint density at radius 1 is 1.16 bits per heavy atom. The van der Waals surface area contributed by atoms with Gasteiger partial charge in [-0.25, -0.2) is 4.98 Å². The molecule has 2 N–H and O–H groups in total. The minimum atomic E-state index is 0.0773. The van der Waals surface area contributed by atoms with Crippen LogP contribution in [-0.4, -0.2) is 23.1 Å². The molecular formula is C16H23N3. The quantitative estimate of drug-likeness (QED) is 0.822. The van der Waals surface area contributed by atoms with Gasteiger partial charge in [0.25, 0.3) is 0 Å². The van der Waals surface area contributed by atoms with Crippen molar-refractivity contribution in [3.63, 3.8) is 0 Å². The highest BCUT2D eigenvalue weighted by atomic mass is 14.9. The van der Waals surface area contributed by atoms with Gasteiger partial charge in [0.15, 0.2) is 0 Å². The molecule has 2 heterocycles. The van der Waals surface area contributed by atoms with Gasteiger partial charge in [0.05, 0.1) is 11.0 Å². The largest absolute Gasteiger partial charge is 0.342 e. The molecule has 3 nitrogen and oxygen atoms in total. The molecule has 1 aromatic heterocycles. The third-order valence-electron chi connectivity index (χ3n) is 4.03. The second-order valence-electron chi connectivity index (χ2n) is 6.64. The first-order valence-electron chi connectivity index (χ1n) is 7.25. The molecule has 0 aliphatic carbocycles. The van der Waals surface area contributed by atoms with Crippen LogP contribution in [0.4, 0.5) is 0 Å². The standard InChI is InChI=1S/C16H23N3/c1-16(2,3)15-18-13-5-4-12(10-14(13)19-15)11-6-8-17-9-7-11/h4-5,10-11,17H,6-9H2,1-3H3,(H,18,19). The zero-order valence-electron chi connectivity index (χ0n) is 12.1. The maximum Gasteiger partial charge on any atom is 0.112 e. The highest BCUT2D eigenvalue weighted by Crippen LogP contribution is 2.29. The van der Waals surface area contributed by atoms with Crippen LogP contribution in [0, 0.1) is 0 Å². The van der Waals surface area contributed by atoms with E-state index in [4.69, 9.17) is 4.98 Å². The van der Waals surface area contributed by atoms with Crippen LogP contribution in [0.15, 0.2) is 18.2 Å². The van der Waals surface area contributed by atoms with E-state index in [1.54, 1.807) is 0 Å². The highest BCUT2D eigenvalue weighted by Gasteiger charge is 2.19. The Bertz CT molecular complexity index is 571. The van der Waals surface area contributed by atoms with E-state index in [0.717, 1.165) is 24.4 Å². The third-order valence-corrected chi connectivity index (χ3v) is 4.03. The van der Waals surface area contributed by atoms with Crippen LogP contribution in [0.1, 0.15) is 50.9 Å². The number of nitrogens with zero attached hydrogens (tertiary/aromatic N) is 1. The topological polar surface area (TPSA) is 40.7 Å². The summed E-state index contributed by atoms with van der Waals surface area (Å²) in [5, 5.41) is 3.43. The van der Waals surface area contributed by atoms with Crippen LogP contribution in [-0.2, 0) is 5.41 Å². The van der Waals surface area contributed by atoms with Crippen LogP contribution in [0.3, 0.4) is 0 Å². The summed E-state index contributed by atoms with van der Waals surface area (Å²) in [6.07, 6.45) is 2.48. The molecule has 0 spiro atoms. The maximum absolute atomic E-state index is 4.70. The fraction of sp³-hybridized carbons (Fsp3) is 0.562. The summed E-state index contributed by atoms with van der Waals surface area (Å²) >= 11 is 0. The van der Waals surface area contributed by atoms with Crippen molar-refractivity contribution >= 4 is 11.0 Å². The van der Waals surface area contributed by atoms with Crippen molar-refractivity contribution in [3.05, 3.63) is 29.6 Å². The number of hydrogen-bond donors (Lipinski definition) is 2. The Kier molecular flexibility index (Phi) is 3.09. The molecule has 0 bridgehead atoms. The lowest BCUT2D eigenvalue weighted by Gasteiger charge is -2.22. The van der Waals surface area contributed by atoms with Crippen molar-refractivity contribution in [3.8, 4) is 0 Å². The summed E-state index contributed by atoms with van der Waals surface area (Å²) in [5.74, 6) is 1.77. The highest BCUT2D eigenvalue weighted by molar-refractivity contribution is 5.76. The lowest BCUT2D eigenvalue weighted by atomic mass is 9.90. The number of rotatable bonds is 1. The van der Waals surface area contributed by atoms with Gasteiger partial charge in [0, 0.05) is 5.41 Å². The van der Waals surface area contributed by atoms with Crippen molar-refractivity contribution in [1.82, 2.24) is 15.3 Å². The number of fused-ring (bicyclic) bond motifs is 1. The van der Waals surface area contributed by atoms with E-state index in [1.165, 1.54) is 23.9 Å². The molecule has 0 radical (unpaired) electrons. The minimum Gasteiger partial charge on any atom is -0.342 e. The van der Waals surface area contributed by atoms with E-state index in [2.05, 4.69) is 49.3 Å². The molecule has 0 amide bonds. The fourth-order valence-electron chi connectivity index (χ4n) is 2.79. The minimum absolute atomic E-state index is 0.0773. The first-order chi connectivity index (χ1) is 9.04. The summed E-state index contributed by atoms with van der Waals surface area (Å²) in [5.41, 5.74) is 3.80. The molecule has 0 saturated carbocycles. The monoisotopic (exact) mass is 257 g/mol. The molecule has 19 heavy (non-hydrogen) atoms. The molecule has 1 aromatic carbocycles. The van der Waals surface area contributed by atoms with Crippen LogP contribution < -0.4 is 5.32 Å². The second-order valence-corrected chi connectivity index (χ2v) is 6.64. The van der Waals surface area contributed by atoms with Crippen molar-refractivity contribution in [1.29, 1.82) is 0 Å². The zero-order chi connectivity index (χ0) is 13.5. The van der Waals surface area contributed by atoms with Crippen molar-refractivity contribution in [2.24, 2.45) is 0 Å². The molecule has 2 aromatic rings. The van der Waals surface area contributed by atoms with Gasteiger partial charge in [-0.1, -0.05) is 26.8 Å². The number of aromatic amines is 1. The van der Waals surface area contributed by atoms with Crippen LogP contribution in [0.5, 0.6) is 0 Å². The first kappa shape index (κ1) is 12.7. The molecule has 3 heteroatoms. The summed E-state index contributed by atoms with van der Waals surface area (Å²) in [4.78, 5) is 8.19. The molecule has 102 valence electrons. The Hall–Kier alpha value is -1.35. The molecule has 3 rings (SSSR count). The van der Waals surface area contributed by atoms with Crippen LogP contribution in [0.2, 0.25) is 0 Å². The molecule has 0 atom stereocenters. The molecule has 1 aliphatic heterocycles. The Balaban J connectivity index is 1.96. The van der Waals surface area contributed by atoms with Gasteiger partial charge in [0.2, 0.25) is 0 Å². The van der Waals surface area contributed by atoms with E-state index < -0.39 is 0 Å². The number of aromatic nitrogens is 2. The van der Waals surface area contributed by atoms with Gasteiger partial charge >= 0.3 is 0 Å². The lowest BCUT2D eigenvalue weighted by molar-refractivity contribution is 0.460. The number of hydrogen-bond acceptors (Lipinski definition) is 2. The Morgan fingerprint density at radius 3 is 2.58 bits per heavy atom. The molecule has 1 fully saturated rings. The van der Waals surface area contributed by atoms with E-state index in [0.29, 0.717) is 5.92 Å². The van der Waals surface area contributed by atoms with E-state index in [9.17, 15) is 0 Å². The Morgan fingerprint density at radius 2 is 1.89 bits per heavy atom. The predicted molar refractivity (Wildman–Crippen MR) is 79.6 cm³/mol. The van der Waals surface area contributed by atoms with Crippen LogP contribution in [0.25, 0.3) is 11.0 Å². The summed E-state index contributed by atoms with van der Waals surface area (Å²) in [7, 11) is 0. The number of H-pyrrole nitrogens is 1. The fourth-order valence-corrected chi connectivity index (χ4v) is 2.79. The van der Waals surface area contributed by atoms with E-state index >= 15 is 0 Å². The van der Waals surface area contributed by atoms with Gasteiger partial charge < -0.3 is 10.3 Å². The maximum atomic E-state index is 4.70. The molecule has 1 saturated heterocycles. The average Bonchev–Trinajstić information content (AvgIpc) is 2.82. The second kappa shape index (κ2) is 4.64. The lowest BCUT2D eigenvalue weighted by Crippen LogP contribution is -2.26. The smallest absolute Gasteiger partial charge is 0.112 e. The van der Waals surface area contributed by atoms with Gasteiger partial charge in [-0.15, -0.1) is 0 Å². The SMILES string of the molecule is CC(C)(C)c1nc2ccc(C3CCNCC3)cc2[nH]1. The summed E-state index contributed by atoms with van der Waals surface area (Å²) in [6, 6.07) is 6.72. The van der Waals surface area contributed by atoms with Crippen molar-refractivity contribution in [2.75, 3.05) is 13.1 Å². The Labute approximate surface area is 114 Å². The van der Waals surface area contributed by atoms with Crippen molar-refractivity contribution < 1.29 is 0 Å². The first-order valence-corrected chi connectivity index (χ1v) is 7.25. The third kappa shape index (κ3) is 2.52. The van der Waals surface area contributed by atoms with E-state index in [-0.39, 0.29) is 5.41 Å². The van der Waals surface area contributed by atoms with Crippen LogP contribution >= 0.6 is 0 Å². The zero-order valence-corrected chi connectivity index (χ0v) is 12.1. The number of imidazole rings is 1. The van der Waals surface area contributed by atoms with Gasteiger partial charge in [0.1, 0.15) is 5.82 Å². The summed E-state index contributed by atoms with van der Waals surface area (Å²) < 4.78 is 0. The molecule has 0 unspecified atom stereocenters. The average molecular weight is 257 g/mol. The van der Waals surface area contributed by atoms with Gasteiger partial charge in [-0.3, -0.25) is 0 Å². The predicted octanol–water partition coefficient (Wildman–Crippen LogP) is 3.33. The summed E-state index contributed by atoms with van der Waals surface area (Å²) in [6.45, 7) is 8.85.